The zero-order valence-electron chi connectivity index (χ0n) is 14.0. The Labute approximate surface area is 151 Å². The molecule has 1 amide bonds. The van der Waals surface area contributed by atoms with Crippen molar-refractivity contribution >= 4 is 24.0 Å². The molecule has 2 N–H and O–H groups in total. The van der Waals surface area contributed by atoms with Gasteiger partial charge in [-0.25, -0.2) is 0 Å². The molecular weight excluding hydrogens is 348 g/mol. The summed E-state index contributed by atoms with van der Waals surface area (Å²) in [7, 11) is 1.98. The second-order valence-corrected chi connectivity index (χ2v) is 6.71. The van der Waals surface area contributed by atoms with Gasteiger partial charge in [-0.3, -0.25) is 9.59 Å². The highest BCUT2D eigenvalue weighted by atomic mass is 35.5. The van der Waals surface area contributed by atoms with Crippen LogP contribution in [0.2, 0.25) is 5.02 Å². The number of likely N-dealkylation sites (tertiary alicyclic amines) is 2. The topological polar surface area (TPSA) is 90.3 Å². The van der Waals surface area contributed by atoms with Crippen molar-refractivity contribution in [1.29, 1.82) is 0 Å². The van der Waals surface area contributed by atoms with Crippen LogP contribution in [0.25, 0.3) is 0 Å². The lowest BCUT2D eigenvalue weighted by atomic mass is 9.92. The molecule has 7 nitrogen and oxygen atoms in total. The van der Waals surface area contributed by atoms with Gasteiger partial charge in [0.2, 0.25) is 5.91 Å². The lowest BCUT2D eigenvalue weighted by Crippen LogP contribution is -2.60. The second kappa shape index (κ2) is 9.03. The molecule has 3 rings (SSSR count). The fourth-order valence-corrected chi connectivity index (χ4v) is 3.19. The lowest BCUT2D eigenvalue weighted by Gasteiger charge is -2.43. The van der Waals surface area contributed by atoms with Crippen LogP contribution in [0.4, 0.5) is 0 Å². The first-order valence-electron chi connectivity index (χ1n) is 8.10. The summed E-state index contributed by atoms with van der Waals surface area (Å²) in [4.78, 5) is 24.7. The molecule has 1 aromatic carbocycles. The van der Waals surface area contributed by atoms with Gasteiger partial charge in [-0.05, 0) is 31.7 Å². The van der Waals surface area contributed by atoms with Gasteiger partial charge < -0.3 is 24.7 Å². The van der Waals surface area contributed by atoms with Crippen LogP contribution in [0.5, 0.6) is 5.75 Å². The van der Waals surface area contributed by atoms with Crippen molar-refractivity contribution < 1.29 is 24.5 Å². The molecule has 2 aliphatic heterocycles. The minimum atomic E-state index is -0.531. The molecule has 2 heterocycles. The number of benzene rings is 1. The Morgan fingerprint density at radius 1 is 1.36 bits per heavy atom. The summed E-state index contributed by atoms with van der Waals surface area (Å²) in [5.74, 6) is 0.442. The van der Waals surface area contributed by atoms with E-state index in [2.05, 4.69) is 4.90 Å². The SMILES string of the molecule is CN1CC[C@H](O)[C@H](C(=O)N2CC(Oc3cccc(Cl)c3)C2)C1.O=CO. The molecule has 2 aliphatic rings. The highest BCUT2D eigenvalue weighted by Gasteiger charge is 2.40. The Morgan fingerprint density at radius 3 is 2.68 bits per heavy atom. The summed E-state index contributed by atoms with van der Waals surface area (Å²) in [6.07, 6.45) is 0.126. The predicted molar refractivity (Wildman–Crippen MR) is 92.8 cm³/mol. The van der Waals surface area contributed by atoms with E-state index >= 15 is 0 Å². The van der Waals surface area contributed by atoms with E-state index in [4.69, 9.17) is 26.2 Å². The van der Waals surface area contributed by atoms with Gasteiger partial charge in [-0.2, -0.15) is 0 Å². The third-order valence-corrected chi connectivity index (χ3v) is 4.59. The minimum Gasteiger partial charge on any atom is -0.487 e. The zero-order valence-corrected chi connectivity index (χ0v) is 14.8. The first kappa shape index (κ1) is 19.5. The average Bonchev–Trinajstić information content (AvgIpc) is 2.53. The summed E-state index contributed by atoms with van der Waals surface area (Å²) in [5.41, 5.74) is 0. The van der Waals surface area contributed by atoms with Crippen LogP contribution in [-0.2, 0) is 9.59 Å². The largest absolute Gasteiger partial charge is 0.487 e. The number of carboxylic acid groups (broad SMARTS) is 1. The van der Waals surface area contributed by atoms with Crippen LogP contribution in [-0.4, -0.2) is 77.8 Å². The van der Waals surface area contributed by atoms with Crippen molar-refractivity contribution in [2.45, 2.75) is 18.6 Å². The molecule has 2 saturated heterocycles. The van der Waals surface area contributed by atoms with Gasteiger partial charge in [0, 0.05) is 18.1 Å². The van der Waals surface area contributed by atoms with Gasteiger partial charge in [0.1, 0.15) is 11.9 Å². The Balaban J connectivity index is 0.000000701. The number of aliphatic hydroxyl groups is 1. The lowest BCUT2D eigenvalue weighted by molar-refractivity contribution is -0.151. The zero-order chi connectivity index (χ0) is 18.4. The van der Waals surface area contributed by atoms with Crippen molar-refractivity contribution in [1.82, 2.24) is 9.80 Å². The first-order chi connectivity index (χ1) is 11.9. The molecule has 138 valence electrons. The van der Waals surface area contributed by atoms with E-state index in [-0.39, 0.29) is 24.4 Å². The van der Waals surface area contributed by atoms with Crippen LogP contribution in [0.15, 0.2) is 24.3 Å². The molecule has 2 atom stereocenters. The summed E-state index contributed by atoms with van der Waals surface area (Å²) in [5, 5.41) is 17.6. The highest BCUT2D eigenvalue weighted by Crippen LogP contribution is 2.25. The number of ether oxygens (including phenoxy) is 1. The summed E-state index contributed by atoms with van der Waals surface area (Å²) < 4.78 is 5.80. The smallest absolute Gasteiger partial charge is 0.290 e. The molecule has 25 heavy (non-hydrogen) atoms. The van der Waals surface area contributed by atoms with Crippen LogP contribution in [0.3, 0.4) is 0 Å². The van der Waals surface area contributed by atoms with E-state index in [1.54, 1.807) is 17.0 Å². The summed E-state index contributed by atoms with van der Waals surface area (Å²) in [6, 6.07) is 7.27. The van der Waals surface area contributed by atoms with E-state index in [1.165, 1.54) is 0 Å². The number of aliphatic hydroxyl groups excluding tert-OH is 1. The number of carbonyl (C=O) groups excluding carboxylic acids is 1. The molecule has 0 unspecified atom stereocenters. The monoisotopic (exact) mass is 370 g/mol. The molecule has 2 fully saturated rings. The van der Waals surface area contributed by atoms with Gasteiger partial charge in [-0.15, -0.1) is 0 Å². The van der Waals surface area contributed by atoms with Crippen LogP contribution >= 0.6 is 11.6 Å². The molecule has 0 bridgehead atoms. The van der Waals surface area contributed by atoms with Crippen molar-refractivity contribution in [3.05, 3.63) is 29.3 Å². The Hall–Kier alpha value is -1.83. The fraction of sp³-hybridized carbons (Fsp3) is 0.529. The standard InChI is InChI=1S/C16H21ClN2O3.CH2O2/c1-18-6-5-15(20)14(10-18)16(21)19-8-13(9-19)22-12-4-2-3-11(17)7-12;2-1-3/h2-4,7,13-15,20H,5-6,8-10H2,1H3;1H,(H,2,3)/t14-,15+;/m1./s1. The van der Waals surface area contributed by atoms with E-state index in [0.717, 1.165) is 12.3 Å². The quantitative estimate of drug-likeness (QED) is 0.770. The molecule has 0 spiro atoms. The maximum absolute atomic E-state index is 12.5. The molecule has 1 aromatic rings. The summed E-state index contributed by atoms with van der Waals surface area (Å²) >= 11 is 5.92. The van der Waals surface area contributed by atoms with Gasteiger partial charge in [-0.1, -0.05) is 17.7 Å². The average molecular weight is 371 g/mol. The first-order valence-corrected chi connectivity index (χ1v) is 8.48. The number of piperidine rings is 1. The Kier molecular flexibility index (Phi) is 7.04. The van der Waals surface area contributed by atoms with Crippen LogP contribution in [0, 0.1) is 5.92 Å². The van der Waals surface area contributed by atoms with Crippen LogP contribution in [0.1, 0.15) is 6.42 Å². The summed E-state index contributed by atoms with van der Waals surface area (Å²) in [6.45, 7) is 2.35. The van der Waals surface area contributed by atoms with Crippen molar-refractivity contribution in [2.75, 3.05) is 33.2 Å². The van der Waals surface area contributed by atoms with Gasteiger partial charge in [0.15, 0.2) is 0 Å². The van der Waals surface area contributed by atoms with Gasteiger partial charge in [0.05, 0.1) is 25.1 Å². The number of hydrogen-bond acceptors (Lipinski definition) is 5. The van der Waals surface area contributed by atoms with Crippen LogP contribution < -0.4 is 4.74 Å². The Bertz CT molecular complexity index is 594. The number of halogens is 1. The number of nitrogens with zero attached hydrogens (tertiary/aromatic N) is 2. The Morgan fingerprint density at radius 2 is 2.04 bits per heavy atom. The fourth-order valence-electron chi connectivity index (χ4n) is 3.01. The van der Waals surface area contributed by atoms with Gasteiger partial charge >= 0.3 is 0 Å². The number of hydrogen-bond donors (Lipinski definition) is 2. The molecular formula is C17H23ClN2O5. The molecule has 0 aromatic heterocycles. The second-order valence-electron chi connectivity index (χ2n) is 6.27. The molecule has 0 aliphatic carbocycles. The highest BCUT2D eigenvalue weighted by molar-refractivity contribution is 6.30. The number of carbonyl (C=O) groups is 2. The van der Waals surface area contributed by atoms with E-state index in [1.807, 2.05) is 19.2 Å². The third kappa shape index (κ3) is 5.32. The molecule has 8 heteroatoms. The van der Waals surface area contributed by atoms with Crippen molar-refractivity contribution in [3.63, 3.8) is 0 Å². The van der Waals surface area contributed by atoms with Crippen molar-refractivity contribution in [2.24, 2.45) is 5.92 Å². The molecule has 0 radical (unpaired) electrons. The van der Waals surface area contributed by atoms with E-state index in [0.29, 0.717) is 31.1 Å². The molecule has 0 saturated carbocycles. The van der Waals surface area contributed by atoms with E-state index in [9.17, 15) is 9.90 Å². The number of rotatable bonds is 3. The third-order valence-electron chi connectivity index (χ3n) is 4.36. The minimum absolute atomic E-state index is 0.000815. The maximum atomic E-state index is 12.5. The maximum Gasteiger partial charge on any atom is 0.290 e. The van der Waals surface area contributed by atoms with Crippen molar-refractivity contribution in [3.8, 4) is 5.75 Å². The number of amides is 1. The van der Waals surface area contributed by atoms with E-state index < -0.39 is 6.10 Å². The van der Waals surface area contributed by atoms with Gasteiger partial charge in [0.25, 0.3) is 6.47 Å². The normalized spacial score (nSPS) is 23.9. The predicted octanol–water partition coefficient (Wildman–Crippen LogP) is 0.943.